The molecular formula is C14H27NO2. The molecule has 3 heteroatoms. The Morgan fingerprint density at radius 3 is 2.65 bits per heavy atom. The molecule has 0 aromatic heterocycles. The minimum absolute atomic E-state index is 0.0903. The van der Waals surface area contributed by atoms with Gasteiger partial charge in [0.15, 0.2) is 0 Å². The van der Waals surface area contributed by atoms with Crippen LogP contribution in [0.25, 0.3) is 0 Å². The highest BCUT2D eigenvalue weighted by Crippen LogP contribution is 2.27. The fourth-order valence-corrected chi connectivity index (χ4v) is 3.23. The van der Waals surface area contributed by atoms with Gasteiger partial charge in [0.1, 0.15) is 0 Å². The molecule has 0 bridgehead atoms. The van der Waals surface area contributed by atoms with Crippen LogP contribution in [0.2, 0.25) is 0 Å². The lowest BCUT2D eigenvalue weighted by molar-refractivity contribution is 0.0347. The van der Waals surface area contributed by atoms with E-state index in [-0.39, 0.29) is 6.10 Å². The SMILES string of the molecule is CC1(O)CCCN(CC2CCCCC2O)CC1. The monoisotopic (exact) mass is 241 g/mol. The molecule has 0 aromatic rings. The molecule has 1 aliphatic carbocycles. The van der Waals surface area contributed by atoms with Crippen LogP contribution in [0.4, 0.5) is 0 Å². The third-order valence-corrected chi connectivity index (χ3v) is 4.52. The van der Waals surface area contributed by atoms with E-state index in [4.69, 9.17) is 0 Å². The number of hydrogen-bond donors (Lipinski definition) is 2. The van der Waals surface area contributed by atoms with Gasteiger partial charge in [0.2, 0.25) is 0 Å². The molecule has 1 heterocycles. The summed E-state index contributed by atoms with van der Waals surface area (Å²) in [6.45, 7) is 5.04. The summed E-state index contributed by atoms with van der Waals surface area (Å²) in [7, 11) is 0. The van der Waals surface area contributed by atoms with Crippen molar-refractivity contribution in [3.8, 4) is 0 Å². The third kappa shape index (κ3) is 3.94. The molecule has 1 aliphatic heterocycles. The Bertz CT molecular complexity index is 242. The first-order chi connectivity index (χ1) is 8.07. The molecule has 2 rings (SSSR count). The van der Waals surface area contributed by atoms with Crippen LogP contribution in [0.15, 0.2) is 0 Å². The number of nitrogens with zero attached hydrogens (tertiary/aromatic N) is 1. The molecule has 2 N–H and O–H groups in total. The minimum Gasteiger partial charge on any atom is -0.393 e. The van der Waals surface area contributed by atoms with Crippen molar-refractivity contribution in [3.63, 3.8) is 0 Å². The Balaban J connectivity index is 1.82. The van der Waals surface area contributed by atoms with Gasteiger partial charge in [-0.15, -0.1) is 0 Å². The molecular weight excluding hydrogens is 214 g/mol. The summed E-state index contributed by atoms with van der Waals surface area (Å²) in [4.78, 5) is 2.45. The summed E-state index contributed by atoms with van der Waals surface area (Å²) in [5.74, 6) is 0.465. The zero-order valence-electron chi connectivity index (χ0n) is 11.1. The third-order valence-electron chi connectivity index (χ3n) is 4.52. The second-order valence-electron chi connectivity index (χ2n) is 6.26. The molecule has 3 nitrogen and oxygen atoms in total. The maximum atomic E-state index is 10.1. The van der Waals surface area contributed by atoms with E-state index >= 15 is 0 Å². The topological polar surface area (TPSA) is 43.7 Å². The minimum atomic E-state index is -0.472. The van der Waals surface area contributed by atoms with Crippen molar-refractivity contribution in [2.24, 2.45) is 5.92 Å². The molecule has 0 amide bonds. The van der Waals surface area contributed by atoms with Gasteiger partial charge in [0.25, 0.3) is 0 Å². The molecule has 0 radical (unpaired) electrons. The summed E-state index contributed by atoms with van der Waals surface area (Å²) < 4.78 is 0. The normalized spacial score (nSPS) is 41.1. The van der Waals surface area contributed by atoms with Crippen molar-refractivity contribution in [3.05, 3.63) is 0 Å². The van der Waals surface area contributed by atoms with Gasteiger partial charge in [-0.1, -0.05) is 12.8 Å². The lowest BCUT2D eigenvalue weighted by Crippen LogP contribution is -2.38. The number of aliphatic hydroxyl groups is 2. The Morgan fingerprint density at radius 1 is 1.12 bits per heavy atom. The first kappa shape index (κ1) is 13.3. The highest BCUT2D eigenvalue weighted by atomic mass is 16.3. The number of aliphatic hydroxyl groups excluding tert-OH is 1. The molecule has 3 atom stereocenters. The van der Waals surface area contributed by atoms with Gasteiger partial charge in [-0.2, -0.15) is 0 Å². The van der Waals surface area contributed by atoms with E-state index in [2.05, 4.69) is 4.90 Å². The standard InChI is InChI=1S/C14H27NO2/c1-14(17)7-4-9-15(10-8-14)11-12-5-2-3-6-13(12)16/h12-13,16-17H,2-11H2,1H3. The number of likely N-dealkylation sites (tertiary alicyclic amines) is 1. The summed E-state index contributed by atoms with van der Waals surface area (Å²) in [6, 6.07) is 0. The number of rotatable bonds is 2. The van der Waals surface area contributed by atoms with Crippen LogP contribution >= 0.6 is 0 Å². The molecule has 100 valence electrons. The number of hydrogen-bond acceptors (Lipinski definition) is 3. The van der Waals surface area contributed by atoms with Gasteiger partial charge < -0.3 is 15.1 Å². The van der Waals surface area contributed by atoms with Crippen LogP contribution in [0.3, 0.4) is 0 Å². The lowest BCUT2D eigenvalue weighted by atomic mass is 9.86. The Morgan fingerprint density at radius 2 is 1.88 bits per heavy atom. The Hall–Kier alpha value is -0.120. The first-order valence-electron chi connectivity index (χ1n) is 7.20. The predicted octanol–water partition coefficient (Wildman–Crippen LogP) is 1.77. The van der Waals surface area contributed by atoms with E-state index in [0.29, 0.717) is 5.92 Å². The second kappa shape index (κ2) is 5.68. The highest BCUT2D eigenvalue weighted by Gasteiger charge is 2.29. The van der Waals surface area contributed by atoms with E-state index < -0.39 is 5.60 Å². The summed E-state index contributed by atoms with van der Waals surface area (Å²) >= 11 is 0. The maximum Gasteiger partial charge on any atom is 0.0632 e. The predicted molar refractivity (Wildman–Crippen MR) is 68.9 cm³/mol. The van der Waals surface area contributed by atoms with Crippen LogP contribution in [0, 0.1) is 5.92 Å². The Labute approximate surface area is 105 Å². The zero-order chi connectivity index (χ0) is 12.3. The fourth-order valence-electron chi connectivity index (χ4n) is 3.23. The van der Waals surface area contributed by atoms with Crippen molar-refractivity contribution in [1.29, 1.82) is 0 Å². The average molecular weight is 241 g/mol. The van der Waals surface area contributed by atoms with Crippen molar-refractivity contribution in [2.45, 2.75) is 63.6 Å². The molecule has 2 fully saturated rings. The summed E-state index contributed by atoms with van der Waals surface area (Å²) in [6.07, 6.45) is 7.39. The summed E-state index contributed by atoms with van der Waals surface area (Å²) in [5.41, 5.74) is -0.472. The molecule has 0 aromatic carbocycles. The van der Waals surface area contributed by atoms with E-state index in [1.54, 1.807) is 0 Å². The van der Waals surface area contributed by atoms with Crippen molar-refractivity contribution < 1.29 is 10.2 Å². The molecule has 0 spiro atoms. The van der Waals surface area contributed by atoms with Crippen LogP contribution < -0.4 is 0 Å². The molecule has 17 heavy (non-hydrogen) atoms. The first-order valence-corrected chi connectivity index (χ1v) is 7.20. The molecule has 3 unspecified atom stereocenters. The molecule has 2 aliphatic rings. The Kier molecular flexibility index (Phi) is 4.45. The van der Waals surface area contributed by atoms with Gasteiger partial charge >= 0.3 is 0 Å². The zero-order valence-corrected chi connectivity index (χ0v) is 11.1. The van der Waals surface area contributed by atoms with Gasteiger partial charge in [-0.3, -0.25) is 0 Å². The maximum absolute atomic E-state index is 10.1. The smallest absolute Gasteiger partial charge is 0.0632 e. The molecule has 1 saturated carbocycles. The van der Waals surface area contributed by atoms with Crippen molar-refractivity contribution in [1.82, 2.24) is 4.90 Å². The van der Waals surface area contributed by atoms with Crippen LogP contribution in [-0.2, 0) is 0 Å². The molecule has 1 saturated heterocycles. The van der Waals surface area contributed by atoms with Crippen LogP contribution in [0.1, 0.15) is 51.9 Å². The fraction of sp³-hybridized carbons (Fsp3) is 1.00. The average Bonchev–Trinajstić information content (AvgIpc) is 2.44. The van der Waals surface area contributed by atoms with E-state index in [9.17, 15) is 10.2 Å². The van der Waals surface area contributed by atoms with E-state index in [1.165, 1.54) is 19.3 Å². The quantitative estimate of drug-likeness (QED) is 0.774. The van der Waals surface area contributed by atoms with Crippen LogP contribution in [-0.4, -0.2) is 46.5 Å². The lowest BCUT2D eigenvalue weighted by Gasteiger charge is -2.32. The summed E-state index contributed by atoms with van der Waals surface area (Å²) in [5, 5.41) is 20.1. The van der Waals surface area contributed by atoms with Gasteiger partial charge in [-0.25, -0.2) is 0 Å². The van der Waals surface area contributed by atoms with E-state index in [1.807, 2.05) is 6.92 Å². The van der Waals surface area contributed by atoms with Gasteiger partial charge in [-0.05, 0) is 51.5 Å². The van der Waals surface area contributed by atoms with E-state index in [0.717, 1.165) is 45.3 Å². The van der Waals surface area contributed by atoms with Gasteiger partial charge in [0, 0.05) is 13.1 Å². The largest absolute Gasteiger partial charge is 0.393 e. The van der Waals surface area contributed by atoms with Crippen molar-refractivity contribution >= 4 is 0 Å². The van der Waals surface area contributed by atoms with Crippen molar-refractivity contribution in [2.75, 3.05) is 19.6 Å². The second-order valence-corrected chi connectivity index (χ2v) is 6.26. The van der Waals surface area contributed by atoms with Crippen LogP contribution in [0.5, 0.6) is 0 Å². The van der Waals surface area contributed by atoms with Gasteiger partial charge in [0.05, 0.1) is 11.7 Å². The highest BCUT2D eigenvalue weighted by molar-refractivity contribution is 4.82.